The summed E-state index contributed by atoms with van der Waals surface area (Å²) in [5, 5.41) is 10.2. The molecule has 0 atom stereocenters. The molecule has 16 heavy (non-hydrogen) atoms. The van der Waals surface area contributed by atoms with E-state index < -0.39 is 0 Å². The number of nitrogens with one attached hydrogen (secondary N) is 2. The number of anilines is 1. The quantitative estimate of drug-likeness (QED) is 0.812. The number of carbonyl (C=O) groups excluding carboxylic acids is 1. The summed E-state index contributed by atoms with van der Waals surface area (Å²) in [7, 11) is 1.76. The highest BCUT2D eigenvalue weighted by molar-refractivity contribution is 5.98. The summed E-state index contributed by atoms with van der Waals surface area (Å²) in [6, 6.07) is 0.393. The van der Waals surface area contributed by atoms with E-state index in [-0.39, 0.29) is 18.0 Å². The van der Waals surface area contributed by atoms with Crippen molar-refractivity contribution >= 4 is 11.6 Å². The molecule has 1 heterocycles. The zero-order chi connectivity index (χ0) is 12.3. The van der Waals surface area contributed by atoms with Crippen LogP contribution in [0.1, 0.15) is 38.2 Å². The first-order valence-corrected chi connectivity index (χ1v) is 5.51. The topological polar surface area (TPSA) is 59.0 Å². The molecule has 5 nitrogen and oxygen atoms in total. The standard InChI is InChI=1S/C11H20N4O/c1-7(2)13-9-6-12-15(5)10(9)11(16)14-8(3)4/h6-8,13H,1-5H3,(H,14,16). The number of carbonyl (C=O) groups is 1. The molecule has 0 bridgehead atoms. The Labute approximate surface area is 96.2 Å². The second-order valence-electron chi connectivity index (χ2n) is 4.46. The minimum Gasteiger partial charge on any atom is -0.380 e. The summed E-state index contributed by atoms with van der Waals surface area (Å²) >= 11 is 0. The SMILES string of the molecule is CC(C)NC(=O)c1c(NC(C)C)cnn1C. The van der Waals surface area contributed by atoms with Crippen LogP contribution >= 0.6 is 0 Å². The molecule has 0 fully saturated rings. The Balaban J connectivity index is 2.92. The summed E-state index contributed by atoms with van der Waals surface area (Å²) in [4.78, 5) is 11.9. The van der Waals surface area contributed by atoms with Gasteiger partial charge in [-0.2, -0.15) is 5.10 Å². The molecule has 0 radical (unpaired) electrons. The van der Waals surface area contributed by atoms with Crippen LogP contribution in [0, 0.1) is 0 Å². The lowest BCUT2D eigenvalue weighted by molar-refractivity contribution is 0.0934. The van der Waals surface area contributed by atoms with Gasteiger partial charge in [0.1, 0.15) is 5.69 Å². The zero-order valence-corrected chi connectivity index (χ0v) is 10.5. The van der Waals surface area contributed by atoms with Gasteiger partial charge in [-0.3, -0.25) is 9.48 Å². The van der Waals surface area contributed by atoms with E-state index in [9.17, 15) is 4.79 Å². The predicted octanol–water partition coefficient (Wildman–Crippen LogP) is 1.38. The Hall–Kier alpha value is -1.52. The van der Waals surface area contributed by atoms with Gasteiger partial charge in [-0.1, -0.05) is 0 Å². The van der Waals surface area contributed by atoms with Crippen molar-refractivity contribution in [1.29, 1.82) is 0 Å². The molecule has 0 saturated heterocycles. The first kappa shape index (κ1) is 12.5. The van der Waals surface area contributed by atoms with Crippen LogP contribution in [-0.4, -0.2) is 27.8 Å². The molecule has 1 rings (SSSR count). The normalized spacial score (nSPS) is 10.9. The minimum atomic E-state index is -0.0989. The fourth-order valence-corrected chi connectivity index (χ4v) is 1.45. The number of aromatic nitrogens is 2. The highest BCUT2D eigenvalue weighted by Gasteiger charge is 2.17. The van der Waals surface area contributed by atoms with E-state index in [1.807, 2.05) is 27.7 Å². The van der Waals surface area contributed by atoms with Crippen LogP contribution in [0.25, 0.3) is 0 Å². The Kier molecular flexibility index (Phi) is 3.93. The lowest BCUT2D eigenvalue weighted by atomic mass is 10.3. The van der Waals surface area contributed by atoms with Crippen LogP contribution in [0.3, 0.4) is 0 Å². The summed E-state index contributed by atoms with van der Waals surface area (Å²) in [5.74, 6) is -0.0989. The smallest absolute Gasteiger partial charge is 0.271 e. The van der Waals surface area contributed by atoms with Gasteiger partial charge in [0, 0.05) is 19.1 Å². The molecule has 0 aliphatic carbocycles. The molecule has 5 heteroatoms. The Morgan fingerprint density at radius 2 is 1.94 bits per heavy atom. The summed E-state index contributed by atoms with van der Waals surface area (Å²) in [6.07, 6.45) is 1.68. The van der Waals surface area contributed by atoms with Crippen molar-refractivity contribution in [3.05, 3.63) is 11.9 Å². The molecule has 90 valence electrons. The third kappa shape index (κ3) is 2.98. The predicted molar refractivity (Wildman–Crippen MR) is 64.6 cm³/mol. The van der Waals surface area contributed by atoms with Crippen LogP contribution in [0.15, 0.2) is 6.20 Å². The Morgan fingerprint density at radius 1 is 1.31 bits per heavy atom. The van der Waals surface area contributed by atoms with Crippen molar-refractivity contribution in [1.82, 2.24) is 15.1 Å². The molecule has 0 aliphatic rings. The van der Waals surface area contributed by atoms with Gasteiger partial charge in [0.15, 0.2) is 0 Å². The van der Waals surface area contributed by atoms with E-state index in [1.54, 1.807) is 17.9 Å². The number of hydrogen-bond donors (Lipinski definition) is 2. The first-order chi connectivity index (χ1) is 7.41. The van der Waals surface area contributed by atoms with Crippen molar-refractivity contribution in [3.63, 3.8) is 0 Å². The molecule has 1 aromatic heterocycles. The van der Waals surface area contributed by atoms with E-state index in [0.29, 0.717) is 5.69 Å². The fraction of sp³-hybridized carbons (Fsp3) is 0.636. The van der Waals surface area contributed by atoms with Gasteiger partial charge < -0.3 is 10.6 Å². The molecular formula is C11H20N4O. The van der Waals surface area contributed by atoms with Crippen LogP contribution in [0.2, 0.25) is 0 Å². The average molecular weight is 224 g/mol. The number of nitrogens with zero attached hydrogens (tertiary/aromatic N) is 2. The van der Waals surface area contributed by atoms with Crippen molar-refractivity contribution in [3.8, 4) is 0 Å². The Bertz CT molecular complexity index is 368. The molecule has 0 aromatic carbocycles. The van der Waals surface area contributed by atoms with Gasteiger partial charge in [0.2, 0.25) is 0 Å². The molecule has 0 saturated carbocycles. The number of aryl methyl sites for hydroxylation is 1. The first-order valence-electron chi connectivity index (χ1n) is 5.51. The van der Waals surface area contributed by atoms with E-state index >= 15 is 0 Å². The summed E-state index contributed by atoms with van der Waals surface area (Å²) < 4.78 is 1.59. The highest BCUT2D eigenvalue weighted by Crippen LogP contribution is 2.15. The molecule has 1 amide bonds. The minimum absolute atomic E-state index is 0.0989. The molecule has 0 unspecified atom stereocenters. The van der Waals surface area contributed by atoms with E-state index in [2.05, 4.69) is 15.7 Å². The monoisotopic (exact) mass is 224 g/mol. The van der Waals surface area contributed by atoms with Gasteiger partial charge in [-0.25, -0.2) is 0 Å². The largest absolute Gasteiger partial charge is 0.380 e. The third-order valence-electron chi connectivity index (χ3n) is 2.02. The second-order valence-corrected chi connectivity index (χ2v) is 4.46. The van der Waals surface area contributed by atoms with E-state index in [0.717, 1.165) is 5.69 Å². The van der Waals surface area contributed by atoms with Crippen LogP contribution < -0.4 is 10.6 Å². The number of amides is 1. The van der Waals surface area contributed by atoms with Crippen LogP contribution in [0.5, 0.6) is 0 Å². The molecule has 0 spiro atoms. The lowest BCUT2D eigenvalue weighted by Gasteiger charge is -2.12. The third-order valence-corrected chi connectivity index (χ3v) is 2.02. The van der Waals surface area contributed by atoms with Crippen LogP contribution in [-0.2, 0) is 7.05 Å². The lowest BCUT2D eigenvalue weighted by Crippen LogP contribution is -2.32. The van der Waals surface area contributed by atoms with Gasteiger partial charge in [0.25, 0.3) is 5.91 Å². The zero-order valence-electron chi connectivity index (χ0n) is 10.5. The van der Waals surface area contributed by atoms with Crippen molar-refractivity contribution in [2.45, 2.75) is 39.8 Å². The molecular weight excluding hydrogens is 204 g/mol. The Morgan fingerprint density at radius 3 is 2.44 bits per heavy atom. The molecule has 0 aliphatic heterocycles. The van der Waals surface area contributed by atoms with E-state index in [4.69, 9.17) is 0 Å². The number of hydrogen-bond acceptors (Lipinski definition) is 3. The van der Waals surface area contributed by atoms with Crippen molar-refractivity contribution in [2.75, 3.05) is 5.32 Å². The maximum absolute atomic E-state index is 11.9. The van der Waals surface area contributed by atoms with Crippen molar-refractivity contribution in [2.24, 2.45) is 7.05 Å². The van der Waals surface area contributed by atoms with Gasteiger partial charge in [-0.15, -0.1) is 0 Å². The fourth-order valence-electron chi connectivity index (χ4n) is 1.45. The second kappa shape index (κ2) is 5.01. The average Bonchev–Trinajstić information content (AvgIpc) is 2.44. The van der Waals surface area contributed by atoms with Crippen molar-refractivity contribution < 1.29 is 4.79 Å². The van der Waals surface area contributed by atoms with Crippen LogP contribution in [0.4, 0.5) is 5.69 Å². The molecule has 1 aromatic rings. The summed E-state index contributed by atoms with van der Waals surface area (Å²) in [5.41, 5.74) is 1.35. The maximum atomic E-state index is 11.9. The molecule has 2 N–H and O–H groups in total. The van der Waals surface area contributed by atoms with Gasteiger partial charge in [-0.05, 0) is 27.7 Å². The van der Waals surface area contributed by atoms with Gasteiger partial charge >= 0.3 is 0 Å². The maximum Gasteiger partial charge on any atom is 0.271 e. The summed E-state index contributed by atoms with van der Waals surface area (Å²) in [6.45, 7) is 7.92. The van der Waals surface area contributed by atoms with Gasteiger partial charge in [0.05, 0.1) is 11.9 Å². The van der Waals surface area contributed by atoms with E-state index in [1.165, 1.54) is 0 Å². The highest BCUT2D eigenvalue weighted by atomic mass is 16.2. The number of rotatable bonds is 4.